The normalized spacial score (nSPS) is 12.6. The van der Waals surface area contributed by atoms with Crippen molar-refractivity contribution in [3.05, 3.63) is 48.6 Å². The summed E-state index contributed by atoms with van der Waals surface area (Å²) in [5, 5.41) is 0. The summed E-state index contributed by atoms with van der Waals surface area (Å²) in [5.74, 6) is 0. The fourth-order valence-corrected chi connectivity index (χ4v) is 1.08. The van der Waals surface area contributed by atoms with Gasteiger partial charge in [0, 0.05) is 12.4 Å². The van der Waals surface area contributed by atoms with Crippen LogP contribution in [-0.4, -0.2) is 12.4 Å². The van der Waals surface area contributed by atoms with Gasteiger partial charge in [-0.2, -0.15) is 0 Å². The molecule has 16 heavy (non-hydrogen) atoms. The van der Waals surface area contributed by atoms with Crippen molar-refractivity contribution in [1.29, 1.82) is 0 Å². The first-order valence-corrected chi connectivity index (χ1v) is 5.27. The predicted molar refractivity (Wildman–Crippen MR) is 72.4 cm³/mol. The van der Waals surface area contributed by atoms with Crippen molar-refractivity contribution in [2.45, 2.75) is 13.8 Å². The number of hydrogen-bond acceptors (Lipinski definition) is 2. The van der Waals surface area contributed by atoms with Gasteiger partial charge in [-0.25, -0.2) is 0 Å². The van der Waals surface area contributed by atoms with Crippen LogP contribution in [0, 0.1) is 0 Å². The van der Waals surface area contributed by atoms with Crippen molar-refractivity contribution in [2.75, 3.05) is 0 Å². The monoisotopic (exact) mass is 212 g/mol. The molecule has 0 heterocycles. The molecule has 0 aliphatic rings. The van der Waals surface area contributed by atoms with Crippen molar-refractivity contribution in [3.63, 3.8) is 0 Å². The van der Waals surface area contributed by atoms with E-state index in [0.29, 0.717) is 0 Å². The van der Waals surface area contributed by atoms with Crippen LogP contribution in [0.3, 0.4) is 0 Å². The first kappa shape index (κ1) is 12.1. The van der Waals surface area contributed by atoms with E-state index in [1.807, 2.05) is 62.4 Å². The van der Waals surface area contributed by atoms with Crippen LogP contribution >= 0.6 is 0 Å². The number of rotatable bonds is 4. The van der Waals surface area contributed by atoms with Crippen LogP contribution in [-0.2, 0) is 0 Å². The molecule has 0 radical (unpaired) electrons. The summed E-state index contributed by atoms with van der Waals surface area (Å²) in [6.45, 7) is 3.92. The lowest BCUT2D eigenvalue weighted by Gasteiger charge is -1.94. The first-order chi connectivity index (χ1) is 7.86. The van der Waals surface area contributed by atoms with Gasteiger partial charge in [-0.3, -0.25) is 9.98 Å². The zero-order valence-electron chi connectivity index (χ0n) is 9.67. The zero-order valence-corrected chi connectivity index (χ0v) is 9.67. The molecule has 0 aliphatic carbocycles. The third kappa shape index (κ3) is 4.51. The number of aliphatic imine (C=N–C) groups is 2. The molecule has 1 aromatic carbocycles. The van der Waals surface area contributed by atoms with Gasteiger partial charge in [-0.15, -0.1) is 0 Å². The molecule has 1 rings (SSSR count). The van der Waals surface area contributed by atoms with E-state index in [1.54, 1.807) is 12.4 Å². The summed E-state index contributed by atoms with van der Waals surface area (Å²) in [4.78, 5) is 8.56. The Balaban J connectivity index is 2.78. The second kappa shape index (κ2) is 7.35. The molecule has 0 fully saturated rings. The Morgan fingerprint density at radius 3 is 1.81 bits per heavy atom. The van der Waals surface area contributed by atoms with Gasteiger partial charge in [-0.05, 0) is 44.2 Å². The van der Waals surface area contributed by atoms with Crippen LogP contribution in [0.15, 0.2) is 58.6 Å². The Hall–Kier alpha value is -1.96. The SMILES string of the molecule is CC=CC=Nc1cccc(N=CC=CC)c1. The van der Waals surface area contributed by atoms with Gasteiger partial charge in [-0.1, -0.05) is 18.2 Å². The van der Waals surface area contributed by atoms with Crippen LogP contribution in [0.25, 0.3) is 0 Å². The molecule has 0 spiro atoms. The highest BCUT2D eigenvalue weighted by Gasteiger charge is 1.89. The van der Waals surface area contributed by atoms with Crippen LogP contribution < -0.4 is 0 Å². The van der Waals surface area contributed by atoms with Crippen molar-refractivity contribution < 1.29 is 0 Å². The van der Waals surface area contributed by atoms with E-state index in [9.17, 15) is 0 Å². The molecule has 2 heteroatoms. The Morgan fingerprint density at radius 2 is 1.38 bits per heavy atom. The molecule has 0 atom stereocenters. The summed E-state index contributed by atoms with van der Waals surface area (Å²) in [7, 11) is 0. The molecule has 82 valence electrons. The number of benzene rings is 1. The molecule has 0 N–H and O–H groups in total. The van der Waals surface area contributed by atoms with Gasteiger partial charge >= 0.3 is 0 Å². The Bertz CT molecular complexity index is 389. The van der Waals surface area contributed by atoms with E-state index in [2.05, 4.69) is 9.98 Å². The lowest BCUT2D eigenvalue weighted by atomic mass is 10.3. The van der Waals surface area contributed by atoms with E-state index in [0.717, 1.165) is 11.4 Å². The molecule has 0 saturated carbocycles. The van der Waals surface area contributed by atoms with E-state index < -0.39 is 0 Å². The topological polar surface area (TPSA) is 24.7 Å². The lowest BCUT2D eigenvalue weighted by molar-refractivity contribution is 1.48. The average Bonchev–Trinajstić information content (AvgIpc) is 2.30. The highest BCUT2D eigenvalue weighted by atomic mass is 14.7. The molecule has 0 saturated heterocycles. The van der Waals surface area contributed by atoms with Gasteiger partial charge < -0.3 is 0 Å². The van der Waals surface area contributed by atoms with Crippen molar-refractivity contribution in [2.24, 2.45) is 9.98 Å². The van der Waals surface area contributed by atoms with Crippen LogP contribution in [0.2, 0.25) is 0 Å². The highest BCUT2D eigenvalue weighted by molar-refractivity contribution is 5.76. The largest absolute Gasteiger partial charge is 0.257 e. The second-order valence-electron chi connectivity index (χ2n) is 3.13. The molecular formula is C14H16N2. The van der Waals surface area contributed by atoms with Crippen LogP contribution in [0.1, 0.15) is 13.8 Å². The molecular weight excluding hydrogens is 196 g/mol. The maximum absolute atomic E-state index is 4.28. The summed E-state index contributed by atoms with van der Waals surface area (Å²) in [6.07, 6.45) is 11.2. The zero-order chi connectivity index (χ0) is 11.6. The van der Waals surface area contributed by atoms with E-state index in [1.165, 1.54) is 0 Å². The van der Waals surface area contributed by atoms with Crippen molar-refractivity contribution >= 4 is 23.8 Å². The van der Waals surface area contributed by atoms with Crippen molar-refractivity contribution in [1.82, 2.24) is 0 Å². The summed E-state index contributed by atoms with van der Waals surface area (Å²) >= 11 is 0. The van der Waals surface area contributed by atoms with Gasteiger partial charge in [0.2, 0.25) is 0 Å². The van der Waals surface area contributed by atoms with Crippen LogP contribution in [0.5, 0.6) is 0 Å². The fraction of sp³-hybridized carbons (Fsp3) is 0.143. The Labute approximate surface area is 96.8 Å². The second-order valence-corrected chi connectivity index (χ2v) is 3.13. The molecule has 0 amide bonds. The summed E-state index contributed by atoms with van der Waals surface area (Å²) < 4.78 is 0. The minimum Gasteiger partial charge on any atom is -0.257 e. The molecule has 0 aromatic heterocycles. The Morgan fingerprint density at radius 1 is 0.875 bits per heavy atom. The van der Waals surface area contributed by atoms with Gasteiger partial charge in [0.05, 0.1) is 11.4 Å². The molecule has 0 aliphatic heterocycles. The number of allylic oxidation sites excluding steroid dienone is 4. The summed E-state index contributed by atoms with van der Waals surface area (Å²) in [5.41, 5.74) is 1.82. The fourth-order valence-electron chi connectivity index (χ4n) is 1.08. The van der Waals surface area contributed by atoms with Crippen molar-refractivity contribution in [3.8, 4) is 0 Å². The minimum absolute atomic E-state index is 0.910. The van der Waals surface area contributed by atoms with E-state index >= 15 is 0 Å². The van der Waals surface area contributed by atoms with E-state index in [-0.39, 0.29) is 0 Å². The molecule has 1 aromatic rings. The third-order valence-corrected chi connectivity index (χ3v) is 1.83. The first-order valence-electron chi connectivity index (χ1n) is 5.27. The molecule has 0 bridgehead atoms. The minimum atomic E-state index is 0.910. The number of hydrogen-bond donors (Lipinski definition) is 0. The predicted octanol–water partition coefficient (Wildman–Crippen LogP) is 4.24. The van der Waals surface area contributed by atoms with E-state index in [4.69, 9.17) is 0 Å². The smallest absolute Gasteiger partial charge is 0.0651 e. The lowest BCUT2D eigenvalue weighted by Crippen LogP contribution is -1.69. The van der Waals surface area contributed by atoms with Gasteiger partial charge in [0.1, 0.15) is 0 Å². The van der Waals surface area contributed by atoms with Gasteiger partial charge in [0.15, 0.2) is 0 Å². The highest BCUT2D eigenvalue weighted by Crippen LogP contribution is 2.19. The average molecular weight is 212 g/mol. The summed E-state index contributed by atoms with van der Waals surface area (Å²) in [6, 6.07) is 7.80. The molecule has 0 unspecified atom stereocenters. The van der Waals surface area contributed by atoms with Crippen LogP contribution in [0.4, 0.5) is 11.4 Å². The third-order valence-electron chi connectivity index (χ3n) is 1.83. The number of nitrogens with zero attached hydrogens (tertiary/aromatic N) is 2. The maximum atomic E-state index is 4.28. The molecule has 2 nitrogen and oxygen atoms in total. The quantitative estimate of drug-likeness (QED) is 0.667. The van der Waals surface area contributed by atoms with Gasteiger partial charge in [0.25, 0.3) is 0 Å². The standard InChI is InChI=1S/C14H16N2/c1-3-5-10-15-13-8-7-9-14(12-13)16-11-6-4-2/h3-12H,1-2H3. The maximum Gasteiger partial charge on any atom is 0.0651 e. The Kier molecular flexibility index (Phi) is 5.56.